The quantitative estimate of drug-likeness (QED) is 0.588. The van der Waals surface area contributed by atoms with E-state index in [0.717, 1.165) is 28.5 Å². The third kappa shape index (κ3) is 3.16. The summed E-state index contributed by atoms with van der Waals surface area (Å²) in [6, 6.07) is 16.5. The predicted molar refractivity (Wildman–Crippen MR) is 103 cm³/mol. The van der Waals surface area contributed by atoms with E-state index in [0.29, 0.717) is 12.6 Å². The SMILES string of the molecule is c1ccc(-c2nnc3ccc(NCc4ccn(C5CCCC5)n4)nn23)cc1. The second kappa shape index (κ2) is 6.83. The standard InChI is InChI=1S/C20H21N7/c1-2-6-15(7-3-1)20-23-22-19-11-10-18(25-27(19)20)21-14-16-12-13-26(24-16)17-8-4-5-9-17/h1-3,6-7,10-13,17H,4-5,8-9,14H2,(H,21,25). The largest absolute Gasteiger partial charge is 0.363 e. The zero-order valence-electron chi connectivity index (χ0n) is 15.0. The smallest absolute Gasteiger partial charge is 0.185 e. The number of fused-ring (bicyclic) bond motifs is 1. The summed E-state index contributed by atoms with van der Waals surface area (Å²) in [5.74, 6) is 1.51. The van der Waals surface area contributed by atoms with Crippen molar-refractivity contribution < 1.29 is 0 Å². The molecule has 1 aliphatic rings. The number of anilines is 1. The maximum atomic E-state index is 4.72. The van der Waals surface area contributed by atoms with Crippen LogP contribution in [0.25, 0.3) is 17.0 Å². The summed E-state index contributed by atoms with van der Waals surface area (Å²) in [4.78, 5) is 0. The molecule has 1 aliphatic carbocycles. The van der Waals surface area contributed by atoms with Crippen LogP contribution in [0.4, 0.5) is 5.82 Å². The van der Waals surface area contributed by atoms with Gasteiger partial charge in [0.2, 0.25) is 0 Å². The maximum absolute atomic E-state index is 4.72. The van der Waals surface area contributed by atoms with Gasteiger partial charge in [-0.1, -0.05) is 43.2 Å². The van der Waals surface area contributed by atoms with Crippen molar-refractivity contribution in [2.24, 2.45) is 0 Å². The Hall–Kier alpha value is -3.22. The molecule has 0 radical (unpaired) electrons. The van der Waals surface area contributed by atoms with Gasteiger partial charge in [-0.15, -0.1) is 15.3 Å². The molecule has 3 aromatic heterocycles. The highest BCUT2D eigenvalue weighted by atomic mass is 15.4. The van der Waals surface area contributed by atoms with Crippen LogP contribution in [0, 0.1) is 0 Å². The minimum Gasteiger partial charge on any atom is -0.363 e. The van der Waals surface area contributed by atoms with E-state index >= 15 is 0 Å². The fraction of sp³-hybridized carbons (Fsp3) is 0.300. The second-order valence-electron chi connectivity index (χ2n) is 6.96. The van der Waals surface area contributed by atoms with Crippen LogP contribution in [0.2, 0.25) is 0 Å². The van der Waals surface area contributed by atoms with Gasteiger partial charge in [-0.2, -0.15) is 9.61 Å². The molecule has 0 amide bonds. The van der Waals surface area contributed by atoms with Gasteiger partial charge >= 0.3 is 0 Å². The number of hydrogen-bond donors (Lipinski definition) is 1. The molecule has 1 fully saturated rings. The number of benzene rings is 1. The first-order valence-electron chi connectivity index (χ1n) is 9.43. The zero-order valence-corrected chi connectivity index (χ0v) is 15.0. The van der Waals surface area contributed by atoms with Crippen molar-refractivity contribution >= 4 is 11.5 Å². The summed E-state index contributed by atoms with van der Waals surface area (Å²) < 4.78 is 3.89. The van der Waals surface area contributed by atoms with Gasteiger partial charge in [0, 0.05) is 11.8 Å². The van der Waals surface area contributed by atoms with E-state index < -0.39 is 0 Å². The molecule has 136 valence electrons. The lowest BCUT2D eigenvalue weighted by Gasteiger charge is -2.09. The third-order valence-electron chi connectivity index (χ3n) is 5.11. The van der Waals surface area contributed by atoms with Gasteiger partial charge in [0.25, 0.3) is 0 Å². The average Bonchev–Trinajstić information content (AvgIpc) is 3.46. The number of hydrogen-bond acceptors (Lipinski definition) is 5. The summed E-state index contributed by atoms with van der Waals surface area (Å²) in [5, 5.41) is 21.2. The van der Waals surface area contributed by atoms with E-state index in [2.05, 4.69) is 37.6 Å². The van der Waals surface area contributed by atoms with Crippen molar-refractivity contribution in [1.29, 1.82) is 0 Å². The monoisotopic (exact) mass is 359 g/mol. The van der Waals surface area contributed by atoms with Gasteiger partial charge in [0.05, 0.1) is 18.3 Å². The van der Waals surface area contributed by atoms with Crippen LogP contribution in [-0.4, -0.2) is 29.6 Å². The fourth-order valence-electron chi connectivity index (χ4n) is 3.68. The number of nitrogens with one attached hydrogen (secondary N) is 1. The average molecular weight is 359 g/mol. The Balaban J connectivity index is 1.35. The van der Waals surface area contributed by atoms with Gasteiger partial charge in [0.1, 0.15) is 5.82 Å². The van der Waals surface area contributed by atoms with E-state index in [9.17, 15) is 0 Å². The van der Waals surface area contributed by atoms with Crippen LogP contribution in [-0.2, 0) is 6.54 Å². The summed E-state index contributed by atoms with van der Waals surface area (Å²) >= 11 is 0. The number of rotatable bonds is 5. The Labute approximate surface area is 157 Å². The van der Waals surface area contributed by atoms with Crippen molar-refractivity contribution in [3.63, 3.8) is 0 Å². The lowest BCUT2D eigenvalue weighted by atomic mass is 10.2. The summed E-state index contributed by atoms with van der Waals surface area (Å²) in [6.45, 7) is 0.640. The Kier molecular flexibility index (Phi) is 4.04. The molecule has 0 saturated heterocycles. The highest BCUT2D eigenvalue weighted by Gasteiger charge is 2.17. The zero-order chi connectivity index (χ0) is 18.1. The van der Waals surface area contributed by atoms with Gasteiger partial charge in [-0.25, -0.2) is 0 Å². The Bertz CT molecular complexity index is 1040. The van der Waals surface area contributed by atoms with Crippen LogP contribution in [0.5, 0.6) is 0 Å². The first kappa shape index (κ1) is 16.0. The molecule has 0 unspecified atom stereocenters. The lowest BCUT2D eigenvalue weighted by molar-refractivity contribution is 0.463. The van der Waals surface area contributed by atoms with Gasteiger partial charge in [-0.05, 0) is 31.0 Å². The van der Waals surface area contributed by atoms with Crippen molar-refractivity contribution in [3.05, 3.63) is 60.4 Å². The summed E-state index contributed by atoms with van der Waals surface area (Å²) in [5.41, 5.74) is 2.74. The molecule has 7 heteroatoms. The molecule has 1 aromatic carbocycles. The predicted octanol–water partition coefficient (Wildman–Crippen LogP) is 3.72. The molecule has 27 heavy (non-hydrogen) atoms. The van der Waals surface area contributed by atoms with E-state index in [4.69, 9.17) is 5.10 Å². The molecular formula is C20H21N7. The minimum absolute atomic E-state index is 0.568. The van der Waals surface area contributed by atoms with Crippen LogP contribution in [0.3, 0.4) is 0 Å². The summed E-state index contributed by atoms with van der Waals surface area (Å²) in [7, 11) is 0. The van der Waals surface area contributed by atoms with Crippen molar-refractivity contribution in [1.82, 2.24) is 29.6 Å². The molecule has 0 spiro atoms. The molecule has 0 atom stereocenters. The molecule has 0 aliphatic heterocycles. The van der Waals surface area contributed by atoms with Crippen molar-refractivity contribution in [3.8, 4) is 11.4 Å². The first-order valence-corrected chi connectivity index (χ1v) is 9.43. The molecule has 4 aromatic rings. The second-order valence-corrected chi connectivity index (χ2v) is 6.96. The van der Waals surface area contributed by atoms with Crippen molar-refractivity contribution in [2.45, 2.75) is 38.3 Å². The molecule has 3 heterocycles. The van der Waals surface area contributed by atoms with Gasteiger partial charge in [-0.3, -0.25) is 4.68 Å². The lowest BCUT2D eigenvalue weighted by Crippen LogP contribution is -2.08. The van der Waals surface area contributed by atoms with E-state index in [1.54, 1.807) is 4.52 Å². The van der Waals surface area contributed by atoms with Crippen LogP contribution < -0.4 is 5.32 Å². The van der Waals surface area contributed by atoms with Crippen LogP contribution in [0.1, 0.15) is 37.4 Å². The topological polar surface area (TPSA) is 72.9 Å². The highest BCUT2D eigenvalue weighted by Crippen LogP contribution is 2.28. The highest BCUT2D eigenvalue weighted by molar-refractivity contribution is 5.59. The molecule has 0 bridgehead atoms. The van der Waals surface area contributed by atoms with Crippen molar-refractivity contribution in [2.75, 3.05) is 5.32 Å². The molecule has 1 saturated carbocycles. The Morgan fingerprint density at radius 1 is 0.926 bits per heavy atom. The Morgan fingerprint density at radius 3 is 2.63 bits per heavy atom. The normalized spacial score (nSPS) is 14.8. The van der Waals surface area contributed by atoms with E-state index in [-0.39, 0.29) is 0 Å². The van der Waals surface area contributed by atoms with Crippen LogP contribution in [0.15, 0.2) is 54.7 Å². The number of nitrogens with zero attached hydrogens (tertiary/aromatic N) is 6. The maximum Gasteiger partial charge on any atom is 0.185 e. The molecule has 1 N–H and O–H groups in total. The van der Waals surface area contributed by atoms with E-state index in [1.807, 2.05) is 42.5 Å². The summed E-state index contributed by atoms with van der Waals surface area (Å²) in [6.07, 6.45) is 7.19. The molecule has 7 nitrogen and oxygen atoms in total. The molecular weight excluding hydrogens is 338 g/mol. The fourth-order valence-corrected chi connectivity index (χ4v) is 3.68. The third-order valence-corrected chi connectivity index (χ3v) is 5.11. The molecule has 5 rings (SSSR count). The minimum atomic E-state index is 0.568. The van der Waals surface area contributed by atoms with Crippen LogP contribution >= 0.6 is 0 Å². The number of aromatic nitrogens is 6. The Morgan fingerprint density at radius 2 is 1.78 bits per heavy atom. The van der Waals surface area contributed by atoms with E-state index in [1.165, 1.54) is 25.7 Å². The van der Waals surface area contributed by atoms with Gasteiger partial charge in [0.15, 0.2) is 11.5 Å². The van der Waals surface area contributed by atoms with Gasteiger partial charge < -0.3 is 5.32 Å². The first-order chi connectivity index (χ1) is 13.4.